The number of hydrogen-bond acceptors (Lipinski definition) is 6. The molecule has 0 bridgehead atoms. The number of Topliss-reactive ketones (excluding diaryl/α,β-unsaturated/α-hetero) is 1. The third-order valence-electron chi connectivity index (χ3n) is 5.76. The van der Waals surface area contributed by atoms with Gasteiger partial charge in [-0.15, -0.1) is 5.10 Å². The second-order valence-corrected chi connectivity index (χ2v) is 8.85. The fraction of sp³-hybridized carbons (Fsp3) is 0.0769. The lowest BCUT2D eigenvalue weighted by molar-refractivity contribution is 0.0964. The monoisotopic (exact) mass is 450 g/mol. The van der Waals surface area contributed by atoms with Crippen LogP contribution in [-0.2, 0) is 0 Å². The number of fused-ring (bicyclic) bond motifs is 3. The average molecular weight is 451 g/mol. The van der Waals surface area contributed by atoms with Gasteiger partial charge in [-0.05, 0) is 48.2 Å². The molecule has 0 fully saturated rings. The highest BCUT2D eigenvalue weighted by molar-refractivity contribution is 7.99. The van der Waals surface area contributed by atoms with E-state index in [9.17, 15) is 9.90 Å². The summed E-state index contributed by atoms with van der Waals surface area (Å²) in [4.78, 5) is 22.8. The van der Waals surface area contributed by atoms with Crippen LogP contribution in [0.4, 0.5) is 0 Å². The van der Waals surface area contributed by atoms with Gasteiger partial charge in [-0.1, -0.05) is 48.5 Å². The van der Waals surface area contributed by atoms with Crippen LogP contribution in [0.3, 0.4) is 0 Å². The Labute approximate surface area is 193 Å². The number of carbonyl (C=O) groups is 1. The van der Waals surface area contributed by atoms with Crippen molar-refractivity contribution >= 4 is 28.4 Å². The van der Waals surface area contributed by atoms with Crippen LogP contribution in [-0.4, -0.2) is 30.6 Å². The molecule has 1 atom stereocenters. The highest BCUT2D eigenvalue weighted by Gasteiger charge is 2.32. The van der Waals surface area contributed by atoms with Crippen molar-refractivity contribution in [3.63, 3.8) is 0 Å². The van der Waals surface area contributed by atoms with Gasteiger partial charge in [0.25, 0.3) is 0 Å². The summed E-state index contributed by atoms with van der Waals surface area (Å²) in [6.07, 6.45) is 0.253. The first-order valence-corrected chi connectivity index (χ1v) is 11.4. The van der Waals surface area contributed by atoms with Crippen LogP contribution in [0.2, 0.25) is 0 Å². The molecule has 3 aromatic carbocycles. The van der Waals surface area contributed by atoms with Crippen molar-refractivity contribution in [2.24, 2.45) is 0 Å². The predicted octanol–water partition coefficient (Wildman–Crippen LogP) is 5.53. The van der Waals surface area contributed by atoms with Gasteiger partial charge in [0.15, 0.2) is 16.8 Å². The van der Waals surface area contributed by atoms with Crippen molar-refractivity contribution < 1.29 is 9.90 Å². The first-order chi connectivity index (χ1) is 16.2. The van der Waals surface area contributed by atoms with Crippen molar-refractivity contribution in [1.82, 2.24) is 19.7 Å². The largest absolute Gasteiger partial charge is 0.508 e. The zero-order valence-electron chi connectivity index (χ0n) is 17.4. The number of aromatic nitrogens is 4. The molecule has 1 aliphatic heterocycles. The highest BCUT2D eigenvalue weighted by Crippen LogP contribution is 2.43. The van der Waals surface area contributed by atoms with Crippen LogP contribution < -0.4 is 0 Å². The lowest BCUT2D eigenvalue weighted by atomic mass is 9.98. The van der Waals surface area contributed by atoms with Crippen LogP contribution in [0.1, 0.15) is 28.4 Å². The lowest BCUT2D eigenvalue weighted by Crippen LogP contribution is -2.21. The minimum Gasteiger partial charge on any atom is -0.508 e. The van der Waals surface area contributed by atoms with Gasteiger partial charge in [-0.2, -0.15) is 0 Å². The highest BCUT2D eigenvalue weighted by atomic mass is 32.2. The number of hydrogen-bond donors (Lipinski definition) is 1. The van der Waals surface area contributed by atoms with Gasteiger partial charge < -0.3 is 5.11 Å². The van der Waals surface area contributed by atoms with Gasteiger partial charge in [0, 0.05) is 28.5 Å². The third-order valence-corrected chi connectivity index (χ3v) is 6.74. The van der Waals surface area contributed by atoms with Crippen molar-refractivity contribution in [2.45, 2.75) is 22.6 Å². The number of pyridine rings is 1. The number of para-hydroxylation sites is 1. The summed E-state index contributed by atoms with van der Waals surface area (Å²) in [5.74, 6) is 0.776. The molecule has 1 unspecified atom stereocenters. The zero-order valence-corrected chi connectivity index (χ0v) is 18.2. The van der Waals surface area contributed by atoms with E-state index in [0.29, 0.717) is 16.5 Å². The van der Waals surface area contributed by atoms with Crippen molar-refractivity contribution in [1.29, 1.82) is 0 Å². The summed E-state index contributed by atoms with van der Waals surface area (Å²) in [7, 11) is 0. The molecule has 1 aliphatic rings. The molecule has 0 amide bonds. The third kappa shape index (κ3) is 3.56. The number of phenols is 1. The molecule has 33 heavy (non-hydrogen) atoms. The first kappa shape index (κ1) is 19.7. The van der Waals surface area contributed by atoms with Crippen molar-refractivity contribution in [2.75, 3.05) is 0 Å². The Hall–Kier alpha value is -3.97. The van der Waals surface area contributed by atoms with Crippen molar-refractivity contribution in [3.8, 4) is 17.1 Å². The number of carbonyl (C=O) groups excluding carboxylic acids is 1. The fourth-order valence-electron chi connectivity index (χ4n) is 4.08. The molecular weight excluding hydrogens is 432 g/mol. The summed E-state index contributed by atoms with van der Waals surface area (Å²) < 4.78 is 1.84. The average Bonchev–Trinajstić information content (AvgIpc) is 3.27. The minimum absolute atomic E-state index is 0.0410. The number of ketones is 1. The Morgan fingerprint density at radius 3 is 2.52 bits per heavy atom. The van der Waals surface area contributed by atoms with Crippen molar-refractivity contribution in [3.05, 3.63) is 96.1 Å². The van der Waals surface area contributed by atoms with Gasteiger partial charge in [-0.3, -0.25) is 4.79 Å². The van der Waals surface area contributed by atoms with Gasteiger partial charge in [0.05, 0.1) is 11.6 Å². The Morgan fingerprint density at radius 2 is 1.70 bits per heavy atom. The van der Waals surface area contributed by atoms with Crippen LogP contribution in [0.15, 0.2) is 95.1 Å². The van der Waals surface area contributed by atoms with Crippen LogP contribution in [0.5, 0.6) is 5.75 Å². The number of phenolic OH excluding ortho intramolecular Hbond substituents is 1. The summed E-state index contributed by atoms with van der Waals surface area (Å²) in [5.41, 5.74) is 3.35. The van der Waals surface area contributed by atoms with Gasteiger partial charge in [0.2, 0.25) is 0 Å². The first-order valence-electron chi connectivity index (χ1n) is 10.6. The molecule has 1 N–H and O–H groups in total. The Morgan fingerprint density at radius 1 is 0.939 bits per heavy atom. The predicted molar refractivity (Wildman–Crippen MR) is 127 cm³/mol. The maximum atomic E-state index is 13.2. The maximum Gasteiger partial charge on any atom is 0.193 e. The van der Waals surface area contributed by atoms with E-state index in [4.69, 9.17) is 15.1 Å². The molecule has 0 saturated carbocycles. The van der Waals surface area contributed by atoms with E-state index in [2.05, 4.69) is 6.07 Å². The molecule has 6 nitrogen and oxygen atoms in total. The maximum absolute atomic E-state index is 13.2. The fourth-order valence-corrected chi connectivity index (χ4v) is 5.11. The minimum atomic E-state index is -0.320. The van der Waals surface area contributed by atoms with Gasteiger partial charge >= 0.3 is 0 Å². The normalized spacial score (nSPS) is 14.6. The number of benzene rings is 3. The second kappa shape index (κ2) is 7.86. The lowest BCUT2D eigenvalue weighted by Gasteiger charge is -2.25. The summed E-state index contributed by atoms with van der Waals surface area (Å²) in [5, 5.41) is 17.0. The molecule has 7 heteroatoms. The number of aromatic hydroxyl groups is 1. The topological polar surface area (TPSA) is 80.9 Å². The quantitative estimate of drug-likeness (QED) is 0.363. The van der Waals surface area contributed by atoms with E-state index in [1.165, 1.54) is 11.8 Å². The van der Waals surface area contributed by atoms with E-state index in [1.807, 2.05) is 59.3 Å². The van der Waals surface area contributed by atoms with Crippen LogP contribution in [0.25, 0.3) is 22.3 Å². The summed E-state index contributed by atoms with van der Waals surface area (Å²) >= 11 is 1.46. The Bertz CT molecular complexity index is 1500. The molecule has 0 aliphatic carbocycles. The number of rotatable bonds is 4. The standard InChI is InChI=1S/C26H18N4O2S/c31-19-12-10-17(11-13-19)24-28-26-30(29-24)22(15-23(32)16-6-2-1-3-7-16)20-14-18-8-4-5-9-21(18)27-25(20)33-26/h1-14,22,31H,15H2. The van der Waals surface area contributed by atoms with Crippen LogP contribution >= 0.6 is 11.8 Å². The van der Waals surface area contributed by atoms with Crippen LogP contribution in [0, 0.1) is 0 Å². The van der Waals surface area contributed by atoms with Gasteiger partial charge in [-0.25, -0.2) is 14.6 Å². The zero-order chi connectivity index (χ0) is 22.4. The van der Waals surface area contributed by atoms with E-state index in [0.717, 1.165) is 27.1 Å². The second-order valence-electron chi connectivity index (χ2n) is 7.90. The molecule has 3 heterocycles. The Balaban J connectivity index is 1.48. The smallest absolute Gasteiger partial charge is 0.193 e. The van der Waals surface area contributed by atoms with E-state index in [-0.39, 0.29) is 24.0 Å². The Kier molecular flexibility index (Phi) is 4.69. The van der Waals surface area contributed by atoms with E-state index < -0.39 is 0 Å². The molecule has 0 spiro atoms. The summed E-state index contributed by atoms with van der Waals surface area (Å²) in [6, 6.07) is 25.9. The molecular formula is C26H18N4O2S. The number of nitrogens with zero attached hydrogens (tertiary/aromatic N) is 4. The molecule has 0 radical (unpaired) electrons. The van der Waals surface area contributed by atoms with E-state index in [1.54, 1.807) is 24.3 Å². The molecule has 0 saturated heterocycles. The SMILES string of the molecule is O=C(CC1c2cc3ccccc3nc2Sc2nc(-c3ccc(O)cc3)nn21)c1ccccc1. The molecule has 2 aromatic heterocycles. The molecule has 6 rings (SSSR count). The molecule has 160 valence electrons. The summed E-state index contributed by atoms with van der Waals surface area (Å²) in [6.45, 7) is 0. The van der Waals surface area contributed by atoms with Gasteiger partial charge in [0.1, 0.15) is 10.8 Å². The molecule has 5 aromatic rings. The van der Waals surface area contributed by atoms with E-state index >= 15 is 0 Å².